The number of aliphatic hydroxyl groups excluding tert-OH is 1. The number of piperidine rings is 1. The van der Waals surface area contributed by atoms with Crippen molar-refractivity contribution in [3.05, 3.63) is 23.9 Å². The molecule has 1 atom stereocenters. The normalized spacial score (nSPS) is 21.3. The minimum absolute atomic E-state index is 0.473. The quantitative estimate of drug-likeness (QED) is 0.816. The summed E-state index contributed by atoms with van der Waals surface area (Å²) < 4.78 is 0. The zero-order valence-corrected chi connectivity index (χ0v) is 10.4. The molecule has 17 heavy (non-hydrogen) atoms. The molecular weight excluding hydrogens is 216 g/mol. The first-order valence-electron chi connectivity index (χ1n) is 6.09. The van der Waals surface area contributed by atoms with Crippen LogP contribution < -0.4 is 4.90 Å². The lowest BCUT2D eigenvalue weighted by Gasteiger charge is -2.36. The van der Waals surface area contributed by atoms with Crippen molar-refractivity contribution in [2.24, 2.45) is 0 Å². The first-order chi connectivity index (χ1) is 7.98. The molecule has 4 heteroatoms. The highest BCUT2D eigenvalue weighted by atomic mass is 16.3. The molecule has 1 aliphatic rings. The number of anilines is 1. The number of aromatic nitrogens is 1. The Morgan fingerprint density at radius 2 is 2.00 bits per heavy atom. The van der Waals surface area contributed by atoms with Gasteiger partial charge in [0.1, 0.15) is 5.82 Å². The molecule has 0 radical (unpaired) electrons. The van der Waals surface area contributed by atoms with E-state index in [0.717, 1.165) is 37.3 Å². The minimum Gasteiger partial charge on any atom is -0.390 e. The van der Waals surface area contributed by atoms with Crippen LogP contribution in [-0.2, 0) is 0 Å². The number of nitrogens with zero attached hydrogens (tertiary/aromatic N) is 2. The highest BCUT2D eigenvalue weighted by Gasteiger charge is 2.27. The van der Waals surface area contributed by atoms with Gasteiger partial charge in [0.2, 0.25) is 0 Å². The molecule has 1 saturated heterocycles. The fraction of sp³-hybridized carbons (Fsp3) is 0.615. The van der Waals surface area contributed by atoms with Gasteiger partial charge in [-0.05, 0) is 38.3 Å². The molecule has 0 unspecified atom stereocenters. The molecule has 0 aromatic carbocycles. The van der Waals surface area contributed by atoms with Crippen LogP contribution in [-0.4, -0.2) is 33.9 Å². The molecule has 1 aromatic heterocycles. The Bertz CT molecular complexity index is 364. The van der Waals surface area contributed by atoms with Crippen molar-refractivity contribution in [1.29, 1.82) is 0 Å². The summed E-state index contributed by atoms with van der Waals surface area (Å²) in [6, 6.07) is 3.84. The minimum atomic E-state index is -0.532. The Labute approximate surface area is 102 Å². The molecule has 0 saturated carbocycles. The standard InChI is InChI=1S/C13H20N2O2/c1-10(16)11-3-4-12(14-9-11)15-7-5-13(2,17)6-8-15/h3-4,9-10,16-17H,5-8H2,1-2H3/t10-/m0/s1. The summed E-state index contributed by atoms with van der Waals surface area (Å²) in [5.41, 5.74) is 0.300. The highest BCUT2D eigenvalue weighted by Crippen LogP contribution is 2.25. The van der Waals surface area contributed by atoms with Gasteiger partial charge in [0, 0.05) is 19.3 Å². The number of hydrogen-bond donors (Lipinski definition) is 2. The molecule has 0 amide bonds. The molecule has 0 aliphatic carbocycles. The molecule has 94 valence electrons. The average Bonchev–Trinajstić information content (AvgIpc) is 2.29. The van der Waals surface area contributed by atoms with Crippen molar-refractivity contribution in [3.63, 3.8) is 0 Å². The van der Waals surface area contributed by atoms with E-state index in [1.807, 2.05) is 19.1 Å². The molecule has 2 N–H and O–H groups in total. The van der Waals surface area contributed by atoms with Crippen LogP contribution in [0.15, 0.2) is 18.3 Å². The Balaban J connectivity index is 2.04. The van der Waals surface area contributed by atoms with E-state index < -0.39 is 11.7 Å². The third-order valence-electron chi connectivity index (χ3n) is 3.42. The van der Waals surface area contributed by atoms with Crippen LogP contribution in [0.2, 0.25) is 0 Å². The van der Waals surface area contributed by atoms with Crippen molar-refractivity contribution in [2.75, 3.05) is 18.0 Å². The lowest BCUT2D eigenvalue weighted by Crippen LogP contribution is -2.42. The molecular formula is C13H20N2O2. The van der Waals surface area contributed by atoms with Crippen LogP contribution in [0.3, 0.4) is 0 Å². The number of rotatable bonds is 2. The van der Waals surface area contributed by atoms with E-state index in [4.69, 9.17) is 0 Å². The van der Waals surface area contributed by atoms with E-state index in [9.17, 15) is 10.2 Å². The van der Waals surface area contributed by atoms with Gasteiger partial charge in [-0.2, -0.15) is 0 Å². The van der Waals surface area contributed by atoms with Crippen LogP contribution >= 0.6 is 0 Å². The average molecular weight is 236 g/mol. The molecule has 2 rings (SSSR count). The van der Waals surface area contributed by atoms with Crippen LogP contribution in [0.4, 0.5) is 5.82 Å². The predicted octanol–water partition coefficient (Wildman–Crippen LogP) is 1.49. The van der Waals surface area contributed by atoms with E-state index in [1.165, 1.54) is 0 Å². The third-order valence-corrected chi connectivity index (χ3v) is 3.42. The lowest BCUT2D eigenvalue weighted by molar-refractivity contribution is 0.0350. The van der Waals surface area contributed by atoms with Gasteiger partial charge in [0.15, 0.2) is 0 Å². The maximum atomic E-state index is 9.88. The monoisotopic (exact) mass is 236 g/mol. The topological polar surface area (TPSA) is 56.6 Å². The van der Waals surface area contributed by atoms with Crippen LogP contribution in [0, 0.1) is 0 Å². The maximum Gasteiger partial charge on any atom is 0.128 e. The molecule has 2 heterocycles. The second-order valence-corrected chi connectivity index (χ2v) is 5.11. The molecule has 4 nitrogen and oxygen atoms in total. The number of hydrogen-bond acceptors (Lipinski definition) is 4. The summed E-state index contributed by atoms with van der Waals surface area (Å²) >= 11 is 0. The number of aliphatic hydroxyl groups is 2. The van der Waals surface area contributed by atoms with Gasteiger partial charge in [-0.15, -0.1) is 0 Å². The fourth-order valence-corrected chi connectivity index (χ4v) is 2.05. The second kappa shape index (κ2) is 4.63. The largest absolute Gasteiger partial charge is 0.390 e. The summed E-state index contributed by atoms with van der Waals surface area (Å²) in [7, 11) is 0. The highest BCUT2D eigenvalue weighted by molar-refractivity contribution is 5.40. The third kappa shape index (κ3) is 2.96. The fourth-order valence-electron chi connectivity index (χ4n) is 2.05. The lowest BCUT2D eigenvalue weighted by atomic mass is 9.94. The van der Waals surface area contributed by atoms with Crippen molar-refractivity contribution >= 4 is 5.82 Å². The maximum absolute atomic E-state index is 9.88. The SMILES string of the molecule is C[C@H](O)c1ccc(N2CCC(C)(O)CC2)nc1. The van der Waals surface area contributed by atoms with E-state index in [1.54, 1.807) is 13.1 Å². The molecule has 0 bridgehead atoms. The number of pyridine rings is 1. The van der Waals surface area contributed by atoms with Crippen molar-refractivity contribution < 1.29 is 10.2 Å². The van der Waals surface area contributed by atoms with Gasteiger partial charge in [-0.25, -0.2) is 4.98 Å². The first-order valence-corrected chi connectivity index (χ1v) is 6.09. The Morgan fingerprint density at radius 3 is 2.47 bits per heavy atom. The summed E-state index contributed by atoms with van der Waals surface area (Å²) in [5.74, 6) is 0.921. The Kier molecular flexibility index (Phi) is 3.35. The summed E-state index contributed by atoms with van der Waals surface area (Å²) in [6.07, 6.45) is 2.78. The Hall–Kier alpha value is -1.13. The van der Waals surface area contributed by atoms with Crippen molar-refractivity contribution in [1.82, 2.24) is 4.98 Å². The zero-order chi connectivity index (χ0) is 12.5. The summed E-state index contributed by atoms with van der Waals surface area (Å²) in [6.45, 7) is 5.27. The smallest absolute Gasteiger partial charge is 0.128 e. The Morgan fingerprint density at radius 1 is 1.35 bits per heavy atom. The van der Waals surface area contributed by atoms with Gasteiger partial charge in [-0.3, -0.25) is 0 Å². The van der Waals surface area contributed by atoms with Gasteiger partial charge in [0.05, 0.1) is 11.7 Å². The van der Waals surface area contributed by atoms with Gasteiger partial charge < -0.3 is 15.1 Å². The molecule has 0 spiro atoms. The van der Waals surface area contributed by atoms with E-state index in [0.29, 0.717) is 0 Å². The predicted molar refractivity (Wildman–Crippen MR) is 66.9 cm³/mol. The van der Waals surface area contributed by atoms with Gasteiger partial charge in [-0.1, -0.05) is 6.07 Å². The summed E-state index contributed by atoms with van der Waals surface area (Å²) in [5, 5.41) is 19.3. The van der Waals surface area contributed by atoms with Crippen LogP contribution in [0.1, 0.15) is 38.4 Å². The van der Waals surface area contributed by atoms with Crippen LogP contribution in [0.25, 0.3) is 0 Å². The van der Waals surface area contributed by atoms with E-state index in [-0.39, 0.29) is 0 Å². The van der Waals surface area contributed by atoms with Crippen molar-refractivity contribution in [2.45, 2.75) is 38.4 Å². The van der Waals surface area contributed by atoms with Crippen molar-refractivity contribution in [3.8, 4) is 0 Å². The molecule has 1 aliphatic heterocycles. The molecule has 1 fully saturated rings. The molecule has 1 aromatic rings. The van der Waals surface area contributed by atoms with Gasteiger partial charge in [0.25, 0.3) is 0 Å². The van der Waals surface area contributed by atoms with E-state index >= 15 is 0 Å². The summed E-state index contributed by atoms with van der Waals surface area (Å²) in [4.78, 5) is 6.53. The van der Waals surface area contributed by atoms with Gasteiger partial charge >= 0.3 is 0 Å². The zero-order valence-electron chi connectivity index (χ0n) is 10.4. The van der Waals surface area contributed by atoms with Crippen LogP contribution in [0.5, 0.6) is 0 Å². The van der Waals surface area contributed by atoms with E-state index in [2.05, 4.69) is 9.88 Å². The second-order valence-electron chi connectivity index (χ2n) is 5.11. The first kappa shape index (κ1) is 12.3.